The van der Waals surface area contributed by atoms with E-state index in [1.807, 2.05) is 43.3 Å². The van der Waals surface area contributed by atoms with Crippen molar-refractivity contribution in [3.8, 4) is 23.0 Å². The van der Waals surface area contributed by atoms with E-state index < -0.39 is 5.97 Å². The van der Waals surface area contributed by atoms with E-state index >= 15 is 0 Å². The first-order valence-electron chi connectivity index (χ1n) is 9.43. The van der Waals surface area contributed by atoms with Crippen molar-refractivity contribution in [3.63, 3.8) is 0 Å². The van der Waals surface area contributed by atoms with Gasteiger partial charge in [-0.1, -0.05) is 18.2 Å². The average Bonchev–Trinajstić information content (AvgIpc) is 2.79. The molecule has 2 aromatic carbocycles. The molecule has 30 heavy (non-hydrogen) atoms. The van der Waals surface area contributed by atoms with Gasteiger partial charge in [-0.25, -0.2) is 4.79 Å². The van der Waals surface area contributed by atoms with E-state index in [2.05, 4.69) is 4.98 Å². The lowest BCUT2D eigenvalue weighted by Crippen LogP contribution is -2.10. The molecule has 1 aromatic heterocycles. The van der Waals surface area contributed by atoms with Crippen LogP contribution < -0.4 is 18.9 Å². The van der Waals surface area contributed by atoms with Crippen LogP contribution in [0.3, 0.4) is 0 Å². The molecule has 6 heteroatoms. The molecule has 0 atom stereocenters. The Labute approximate surface area is 175 Å². The fourth-order valence-corrected chi connectivity index (χ4v) is 2.73. The molecule has 0 unspecified atom stereocenters. The van der Waals surface area contributed by atoms with Gasteiger partial charge in [-0.2, -0.15) is 0 Å². The zero-order valence-corrected chi connectivity index (χ0v) is 17.1. The molecule has 0 bridgehead atoms. The molecule has 0 amide bonds. The molecule has 1 heterocycles. The summed E-state index contributed by atoms with van der Waals surface area (Å²) in [6.07, 6.45) is 7.40. The Morgan fingerprint density at radius 3 is 2.17 bits per heavy atom. The molecular formula is C24H23NO5. The molecule has 0 aliphatic rings. The summed E-state index contributed by atoms with van der Waals surface area (Å²) >= 11 is 0. The SMILES string of the molecule is CCOc1cc(/C=C/c2ccncc2)ccc1OC(=O)c1cc(OC)cc(OC)c1. The maximum Gasteiger partial charge on any atom is 0.343 e. The van der Waals surface area contributed by atoms with Gasteiger partial charge in [0.25, 0.3) is 0 Å². The highest BCUT2D eigenvalue weighted by Gasteiger charge is 2.15. The minimum absolute atomic E-state index is 0.315. The molecule has 154 valence electrons. The number of pyridine rings is 1. The summed E-state index contributed by atoms with van der Waals surface area (Å²) in [6, 6.07) is 14.1. The Morgan fingerprint density at radius 2 is 1.53 bits per heavy atom. The number of carbonyl (C=O) groups is 1. The van der Waals surface area contributed by atoms with Crippen LogP contribution in [0.1, 0.15) is 28.4 Å². The quantitative estimate of drug-likeness (QED) is 0.393. The Hall–Kier alpha value is -3.80. The number of hydrogen-bond acceptors (Lipinski definition) is 6. The summed E-state index contributed by atoms with van der Waals surface area (Å²) in [7, 11) is 3.05. The average molecular weight is 405 g/mol. The first kappa shape index (κ1) is 20.9. The van der Waals surface area contributed by atoms with Crippen molar-refractivity contribution >= 4 is 18.1 Å². The van der Waals surface area contributed by atoms with Gasteiger partial charge in [0.2, 0.25) is 0 Å². The van der Waals surface area contributed by atoms with Crippen LogP contribution in [0.5, 0.6) is 23.0 Å². The van der Waals surface area contributed by atoms with E-state index in [0.717, 1.165) is 11.1 Å². The van der Waals surface area contributed by atoms with Crippen LogP contribution in [0.2, 0.25) is 0 Å². The van der Waals surface area contributed by atoms with E-state index in [1.54, 1.807) is 36.7 Å². The highest BCUT2D eigenvalue weighted by atomic mass is 16.6. The van der Waals surface area contributed by atoms with Crippen molar-refractivity contribution in [1.29, 1.82) is 0 Å². The topological polar surface area (TPSA) is 66.9 Å². The molecule has 0 aliphatic carbocycles. The minimum Gasteiger partial charge on any atom is -0.497 e. The third-order valence-corrected chi connectivity index (χ3v) is 4.23. The molecule has 0 fully saturated rings. The first-order valence-corrected chi connectivity index (χ1v) is 9.43. The van der Waals surface area contributed by atoms with Gasteiger partial charge in [-0.3, -0.25) is 4.98 Å². The van der Waals surface area contributed by atoms with Gasteiger partial charge < -0.3 is 18.9 Å². The van der Waals surface area contributed by atoms with Crippen molar-refractivity contribution in [3.05, 3.63) is 77.6 Å². The molecule has 3 aromatic rings. The summed E-state index contributed by atoms with van der Waals surface area (Å²) in [5, 5.41) is 0. The molecule has 0 saturated heterocycles. The van der Waals surface area contributed by atoms with Crippen LogP contribution >= 0.6 is 0 Å². The van der Waals surface area contributed by atoms with Crippen LogP contribution in [0.15, 0.2) is 60.9 Å². The minimum atomic E-state index is -0.534. The largest absolute Gasteiger partial charge is 0.497 e. The zero-order chi connectivity index (χ0) is 21.3. The number of benzene rings is 2. The Balaban J connectivity index is 1.83. The number of ether oxygens (including phenoxy) is 4. The van der Waals surface area contributed by atoms with Gasteiger partial charge in [0.15, 0.2) is 11.5 Å². The summed E-state index contributed by atoms with van der Waals surface area (Å²) in [6.45, 7) is 2.31. The molecule has 0 radical (unpaired) electrons. The van der Waals surface area contributed by atoms with Crippen LogP contribution in [-0.4, -0.2) is 31.8 Å². The van der Waals surface area contributed by atoms with Crippen molar-refractivity contribution in [2.45, 2.75) is 6.92 Å². The van der Waals surface area contributed by atoms with Gasteiger partial charge in [-0.05, 0) is 54.4 Å². The Morgan fingerprint density at radius 1 is 0.867 bits per heavy atom. The number of esters is 1. The summed E-state index contributed by atoms with van der Waals surface area (Å²) in [5.74, 6) is 1.29. The van der Waals surface area contributed by atoms with Crippen LogP contribution in [0, 0.1) is 0 Å². The highest BCUT2D eigenvalue weighted by molar-refractivity contribution is 5.92. The highest BCUT2D eigenvalue weighted by Crippen LogP contribution is 2.31. The number of methoxy groups -OCH3 is 2. The van der Waals surface area contributed by atoms with Gasteiger partial charge in [0, 0.05) is 18.5 Å². The van der Waals surface area contributed by atoms with Gasteiger partial charge >= 0.3 is 5.97 Å². The van der Waals surface area contributed by atoms with E-state index in [-0.39, 0.29) is 0 Å². The maximum atomic E-state index is 12.7. The van der Waals surface area contributed by atoms with E-state index in [4.69, 9.17) is 18.9 Å². The van der Waals surface area contributed by atoms with Crippen molar-refractivity contribution in [2.24, 2.45) is 0 Å². The fourth-order valence-electron chi connectivity index (χ4n) is 2.73. The number of aromatic nitrogens is 1. The number of carbonyl (C=O) groups excluding carboxylic acids is 1. The molecule has 0 spiro atoms. The third kappa shape index (κ3) is 5.38. The van der Waals surface area contributed by atoms with E-state index in [0.29, 0.717) is 35.2 Å². The van der Waals surface area contributed by atoms with Crippen molar-refractivity contribution in [1.82, 2.24) is 4.98 Å². The summed E-state index contributed by atoms with van der Waals surface area (Å²) in [4.78, 5) is 16.7. The monoisotopic (exact) mass is 405 g/mol. The Kier molecular flexibility index (Phi) is 7.05. The molecular weight excluding hydrogens is 382 g/mol. The molecule has 3 rings (SSSR count). The first-order chi connectivity index (χ1) is 14.6. The van der Waals surface area contributed by atoms with Crippen molar-refractivity contribution < 1.29 is 23.7 Å². The predicted octanol–water partition coefficient (Wildman–Crippen LogP) is 4.89. The number of hydrogen-bond donors (Lipinski definition) is 0. The van der Waals surface area contributed by atoms with Gasteiger partial charge in [0.05, 0.1) is 26.4 Å². The van der Waals surface area contributed by atoms with Gasteiger partial charge in [0.1, 0.15) is 11.5 Å². The fraction of sp³-hybridized carbons (Fsp3) is 0.167. The van der Waals surface area contributed by atoms with E-state index in [1.165, 1.54) is 14.2 Å². The molecule has 6 nitrogen and oxygen atoms in total. The maximum absolute atomic E-state index is 12.7. The summed E-state index contributed by atoms with van der Waals surface area (Å²) < 4.78 is 21.7. The van der Waals surface area contributed by atoms with Crippen LogP contribution in [-0.2, 0) is 0 Å². The second-order valence-corrected chi connectivity index (χ2v) is 6.24. The third-order valence-electron chi connectivity index (χ3n) is 4.23. The molecule has 0 N–H and O–H groups in total. The lowest BCUT2D eigenvalue weighted by molar-refractivity contribution is 0.0727. The lowest BCUT2D eigenvalue weighted by atomic mass is 10.1. The van der Waals surface area contributed by atoms with Gasteiger partial charge in [-0.15, -0.1) is 0 Å². The normalized spacial score (nSPS) is 10.6. The smallest absolute Gasteiger partial charge is 0.343 e. The lowest BCUT2D eigenvalue weighted by Gasteiger charge is -2.12. The molecule has 0 aliphatic heterocycles. The Bertz CT molecular complexity index is 1010. The molecule has 0 saturated carbocycles. The van der Waals surface area contributed by atoms with Crippen LogP contribution in [0.25, 0.3) is 12.2 Å². The van der Waals surface area contributed by atoms with Crippen molar-refractivity contribution in [2.75, 3.05) is 20.8 Å². The zero-order valence-electron chi connectivity index (χ0n) is 17.1. The second-order valence-electron chi connectivity index (χ2n) is 6.24. The standard InChI is InChI=1S/C24H23NO5/c1-4-29-23-13-18(6-5-17-9-11-25-12-10-17)7-8-22(23)30-24(26)19-14-20(27-2)16-21(15-19)28-3/h5-16H,4H2,1-3H3/b6-5+. The number of nitrogens with zero attached hydrogens (tertiary/aromatic N) is 1. The number of rotatable bonds is 8. The van der Waals surface area contributed by atoms with E-state index in [9.17, 15) is 4.79 Å². The van der Waals surface area contributed by atoms with Crippen LogP contribution in [0.4, 0.5) is 0 Å². The summed E-state index contributed by atoms with van der Waals surface area (Å²) in [5.41, 5.74) is 2.26. The second kappa shape index (κ2) is 10.1. The predicted molar refractivity (Wildman–Crippen MR) is 115 cm³/mol.